The lowest BCUT2D eigenvalue weighted by Gasteiger charge is -2.09. The molecule has 0 saturated heterocycles. The Kier molecular flexibility index (Phi) is 2.95. The molecule has 2 rings (SSSR count). The van der Waals surface area contributed by atoms with E-state index in [1.165, 1.54) is 6.07 Å². The van der Waals surface area contributed by atoms with E-state index >= 15 is 0 Å². The van der Waals surface area contributed by atoms with Crippen LogP contribution in [0.5, 0.6) is 0 Å². The number of benzene rings is 1. The largest absolute Gasteiger partial charge is 0.481 e. The number of nitrogens with zero attached hydrogens (tertiary/aromatic N) is 1. The zero-order valence-corrected chi connectivity index (χ0v) is 9.51. The topological polar surface area (TPSA) is 59.3 Å². The highest BCUT2D eigenvalue weighted by molar-refractivity contribution is 5.79. The third-order valence-corrected chi connectivity index (χ3v) is 2.70. The van der Waals surface area contributed by atoms with E-state index in [0.717, 1.165) is 11.1 Å². The second-order valence-electron chi connectivity index (χ2n) is 4.04. The maximum atomic E-state index is 11.7. The molecule has 0 spiro atoms. The van der Waals surface area contributed by atoms with Gasteiger partial charge in [0.05, 0.1) is 11.9 Å². The van der Waals surface area contributed by atoms with Crippen LogP contribution in [0, 0.1) is 6.92 Å². The van der Waals surface area contributed by atoms with Crippen molar-refractivity contribution >= 4 is 16.9 Å². The molecule has 0 saturated carbocycles. The molecule has 88 valence electrons. The summed E-state index contributed by atoms with van der Waals surface area (Å²) in [4.78, 5) is 22.2. The van der Waals surface area contributed by atoms with Gasteiger partial charge in [0.15, 0.2) is 5.43 Å². The molecule has 1 aromatic carbocycles. The molecule has 1 N–H and O–H groups in total. The number of hydrogen-bond donors (Lipinski definition) is 1. The minimum atomic E-state index is -0.844. The third kappa shape index (κ3) is 2.36. The van der Waals surface area contributed by atoms with E-state index in [4.69, 9.17) is 5.11 Å². The Morgan fingerprint density at radius 2 is 2.12 bits per heavy atom. The van der Waals surface area contributed by atoms with Crippen LogP contribution < -0.4 is 5.43 Å². The maximum absolute atomic E-state index is 11.7. The molecular weight excluding hydrogens is 218 g/mol. The van der Waals surface area contributed by atoms with Crippen LogP contribution in [-0.2, 0) is 11.3 Å². The fourth-order valence-corrected chi connectivity index (χ4v) is 1.84. The van der Waals surface area contributed by atoms with Crippen molar-refractivity contribution in [3.05, 3.63) is 46.2 Å². The average molecular weight is 231 g/mol. The predicted molar refractivity (Wildman–Crippen MR) is 65.2 cm³/mol. The molecule has 4 heteroatoms. The van der Waals surface area contributed by atoms with Crippen LogP contribution in [0.25, 0.3) is 10.9 Å². The van der Waals surface area contributed by atoms with Gasteiger partial charge in [0.2, 0.25) is 0 Å². The first-order chi connectivity index (χ1) is 8.08. The van der Waals surface area contributed by atoms with Crippen LogP contribution >= 0.6 is 0 Å². The number of aryl methyl sites for hydroxylation is 2. The molecule has 0 aliphatic heterocycles. The van der Waals surface area contributed by atoms with Gasteiger partial charge >= 0.3 is 5.97 Å². The van der Waals surface area contributed by atoms with Crippen molar-refractivity contribution in [2.24, 2.45) is 0 Å². The van der Waals surface area contributed by atoms with E-state index in [9.17, 15) is 9.59 Å². The number of carboxylic acids is 1. The van der Waals surface area contributed by atoms with Crippen LogP contribution in [0.15, 0.2) is 35.3 Å². The standard InChI is InChI=1S/C13H13NO3/c1-9-2-3-11-10(8-9)12(15)4-6-14(11)7-5-13(16)17/h2-4,6,8H,5,7H2,1H3,(H,16,17). The fourth-order valence-electron chi connectivity index (χ4n) is 1.84. The van der Waals surface area contributed by atoms with Gasteiger partial charge in [0.1, 0.15) is 0 Å². The lowest BCUT2D eigenvalue weighted by atomic mass is 10.1. The molecule has 0 aliphatic carbocycles. The monoisotopic (exact) mass is 231 g/mol. The Hall–Kier alpha value is -2.10. The van der Waals surface area contributed by atoms with Gasteiger partial charge in [0, 0.05) is 24.2 Å². The first-order valence-electron chi connectivity index (χ1n) is 5.39. The zero-order chi connectivity index (χ0) is 12.4. The number of carboxylic acid groups (broad SMARTS) is 1. The molecule has 0 fully saturated rings. The van der Waals surface area contributed by atoms with Crippen molar-refractivity contribution in [3.8, 4) is 0 Å². The summed E-state index contributed by atoms with van der Waals surface area (Å²) in [5.74, 6) is -0.844. The Morgan fingerprint density at radius 3 is 2.82 bits per heavy atom. The van der Waals surface area contributed by atoms with Crippen LogP contribution in [0.2, 0.25) is 0 Å². The number of fused-ring (bicyclic) bond motifs is 1. The first-order valence-corrected chi connectivity index (χ1v) is 5.39. The van der Waals surface area contributed by atoms with Gasteiger partial charge in [-0.3, -0.25) is 9.59 Å². The molecule has 1 aromatic heterocycles. The highest BCUT2D eigenvalue weighted by Gasteiger charge is 2.04. The van der Waals surface area contributed by atoms with Gasteiger partial charge in [-0.1, -0.05) is 11.6 Å². The summed E-state index contributed by atoms with van der Waals surface area (Å²) in [5, 5.41) is 9.31. The molecule has 4 nitrogen and oxygen atoms in total. The van der Waals surface area contributed by atoms with Crippen molar-refractivity contribution in [1.29, 1.82) is 0 Å². The molecule has 0 unspecified atom stereocenters. The lowest BCUT2D eigenvalue weighted by molar-refractivity contribution is -0.137. The van der Waals surface area contributed by atoms with Gasteiger partial charge in [0.25, 0.3) is 0 Å². The van der Waals surface area contributed by atoms with Gasteiger partial charge < -0.3 is 9.67 Å². The average Bonchev–Trinajstić information content (AvgIpc) is 2.28. The van der Waals surface area contributed by atoms with Crippen molar-refractivity contribution in [1.82, 2.24) is 4.57 Å². The van der Waals surface area contributed by atoms with Crippen molar-refractivity contribution in [2.45, 2.75) is 19.9 Å². The van der Waals surface area contributed by atoms with Gasteiger partial charge in [-0.2, -0.15) is 0 Å². The minimum Gasteiger partial charge on any atom is -0.481 e. The molecule has 17 heavy (non-hydrogen) atoms. The van der Waals surface area contributed by atoms with E-state index < -0.39 is 5.97 Å². The summed E-state index contributed by atoms with van der Waals surface area (Å²) in [6.45, 7) is 2.29. The smallest absolute Gasteiger partial charge is 0.305 e. The van der Waals surface area contributed by atoms with Crippen LogP contribution in [0.3, 0.4) is 0 Å². The summed E-state index contributed by atoms with van der Waals surface area (Å²) < 4.78 is 1.80. The SMILES string of the molecule is Cc1ccc2c(c1)c(=O)ccn2CCC(=O)O. The van der Waals surface area contributed by atoms with Crippen molar-refractivity contribution < 1.29 is 9.90 Å². The number of pyridine rings is 1. The van der Waals surface area contributed by atoms with Crippen molar-refractivity contribution in [3.63, 3.8) is 0 Å². The van der Waals surface area contributed by atoms with E-state index in [1.54, 1.807) is 10.8 Å². The molecule has 0 radical (unpaired) electrons. The lowest BCUT2D eigenvalue weighted by Crippen LogP contribution is -2.10. The Balaban J connectivity index is 2.54. The number of rotatable bonds is 3. The summed E-state index contributed by atoms with van der Waals surface area (Å²) in [6.07, 6.45) is 1.69. The highest BCUT2D eigenvalue weighted by Crippen LogP contribution is 2.12. The Morgan fingerprint density at radius 1 is 1.35 bits per heavy atom. The molecule has 1 heterocycles. The third-order valence-electron chi connectivity index (χ3n) is 2.70. The summed E-state index contributed by atoms with van der Waals surface area (Å²) in [6, 6.07) is 7.07. The highest BCUT2D eigenvalue weighted by atomic mass is 16.4. The molecule has 0 atom stereocenters. The van der Waals surface area contributed by atoms with Crippen LogP contribution in [0.4, 0.5) is 0 Å². The molecule has 0 aliphatic rings. The van der Waals surface area contributed by atoms with Crippen LogP contribution in [0.1, 0.15) is 12.0 Å². The number of hydrogen-bond acceptors (Lipinski definition) is 2. The predicted octanol–water partition coefficient (Wildman–Crippen LogP) is 1.78. The molecular formula is C13H13NO3. The maximum Gasteiger partial charge on any atom is 0.305 e. The Labute approximate surface area is 98.1 Å². The summed E-state index contributed by atoms with van der Waals surface area (Å²) in [5.41, 5.74) is 1.77. The van der Waals surface area contributed by atoms with E-state index in [0.29, 0.717) is 11.9 Å². The normalized spacial score (nSPS) is 10.6. The second kappa shape index (κ2) is 4.41. The first kappa shape index (κ1) is 11.4. The van der Waals surface area contributed by atoms with E-state index in [-0.39, 0.29) is 11.8 Å². The van der Waals surface area contributed by atoms with Crippen molar-refractivity contribution in [2.75, 3.05) is 0 Å². The van der Waals surface area contributed by atoms with E-state index in [2.05, 4.69) is 0 Å². The second-order valence-corrected chi connectivity index (χ2v) is 4.04. The van der Waals surface area contributed by atoms with E-state index in [1.807, 2.05) is 25.1 Å². The van der Waals surface area contributed by atoms with Gasteiger partial charge in [-0.25, -0.2) is 0 Å². The molecule has 2 aromatic rings. The fraction of sp³-hybridized carbons (Fsp3) is 0.231. The number of aromatic nitrogens is 1. The summed E-state index contributed by atoms with van der Waals surface area (Å²) >= 11 is 0. The van der Waals surface area contributed by atoms with Gasteiger partial charge in [-0.05, 0) is 19.1 Å². The molecule has 0 bridgehead atoms. The zero-order valence-electron chi connectivity index (χ0n) is 9.51. The van der Waals surface area contributed by atoms with Gasteiger partial charge in [-0.15, -0.1) is 0 Å². The quantitative estimate of drug-likeness (QED) is 0.876. The number of aliphatic carboxylic acids is 1. The Bertz CT molecular complexity index is 628. The van der Waals surface area contributed by atoms with Crippen LogP contribution in [-0.4, -0.2) is 15.6 Å². The summed E-state index contributed by atoms with van der Waals surface area (Å²) in [7, 11) is 0. The minimum absolute atomic E-state index is 0.0322. The molecule has 0 amide bonds. The number of carbonyl (C=O) groups is 1.